The van der Waals surface area contributed by atoms with Gasteiger partial charge in [0.05, 0.1) is 4.91 Å². The Bertz CT molecular complexity index is 751. The van der Waals surface area contributed by atoms with E-state index >= 15 is 0 Å². The van der Waals surface area contributed by atoms with Gasteiger partial charge >= 0.3 is 5.97 Å². The number of halogens is 1. The summed E-state index contributed by atoms with van der Waals surface area (Å²) in [6.07, 6.45) is 1.37. The van der Waals surface area contributed by atoms with Gasteiger partial charge in [-0.25, -0.2) is 4.39 Å². The van der Waals surface area contributed by atoms with Crippen LogP contribution in [-0.4, -0.2) is 44.7 Å². The third-order valence-corrected chi connectivity index (χ3v) is 4.49. The zero-order valence-corrected chi connectivity index (χ0v) is 14.1. The molecular weight excluding hydrogens is 355 g/mol. The van der Waals surface area contributed by atoms with E-state index in [0.29, 0.717) is 0 Å². The number of nitrogens with one attached hydrogen (secondary N) is 1. The normalized spacial score (nSPS) is 17.2. The molecule has 1 heterocycles. The van der Waals surface area contributed by atoms with Gasteiger partial charge in [-0.15, -0.1) is 0 Å². The number of aliphatic carboxylic acids is 1. The minimum atomic E-state index is -1.19. The van der Waals surface area contributed by atoms with E-state index in [1.54, 1.807) is 6.07 Å². The van der Waals surface area contributed by atoms with Crippen LogP contribution in [0.3, 0.4) is 0 Å². The molecule has 1 unspecified atom stereocenters. The summed E-state index contributed by atoms with van der Waals surface area (Å²) >= 11 is 6.02. The number of thioether (sulfide) groups is 1. The maximum absolute atomic E-state index is 13.7. The minimum absolute atomic E-state index is 0.153. The van der Waals surface area contributed by atoms with Crippen molar-refractivity contribution < 1.29 is 23.9 Å². The molecule has 2 N–H and O–H groups in total. The third-order valence-electron chi connectivity index (χ3n) is 3.12. The van der Waals surface area contributed by atoms with E-state index in [2.05, 4.69) is 5.32 Å². The van der Waals surface area contributed by atoms with Crippen LogP contribution in [0.4, 0.5) is 4.39 Å². The molecule has 0 saturated carbocycles. The number of hydrogen-bond donors (Lipinski definition) is 2. The standard InChI is InChI=1S/C15H13FN2O4S2/c1-8(14(21)22)17-12(19)7-18-13(20)11(24-15(18)23)6-9-4-2-3-5-10(9)16/h2-6,8H,7H2,1H3,(H,17,19)(H,21,22)/b11-6-. The smallest absolute Gasteiger partial charge is 0.325 e. The van der Waals surface area contributed by atoms with Crippen molar-refractivity contribution in [1.82, 2.24) is 10.2 Å². The van der Waals surface area contributed by atoms with Crippen LogP contribution in [0.1, 0.15) is 12.5 Å². The molecule has 0 aromatic heterocycles. The number of amides is 2. The fourth-order valence-electron chi connectivity index (χ4n) is 1.86. The molecule has 1 fully saturated rings. The van der Waals surface area contributed by atoms with E-state index in [9.17, 15) is 18.8 Å². The van der Waals surface area contributed by atoms with Crippen LogP contribution in [0.25, 0.3) is 6.08 Å². The predicted molar refractivity (Wildman–Crippen MR) is 91.5 cm³/mol. The number of carboxylic acid groups (broad SMARTS) is 1. The largest absolute Gasteiger partial charge is 0.480 e. The zero-order chi connectivity index (χ0) is 17.9. The summed E-state index contributed by atoms with van der Waals surface area (Å²) in [7, 11) is 0. The van der Waals surface area contributed by atoms with Gasteiger partial charge in [0, 0.05) is 5.56 Å². The predicted octanol–water partition coefficient (Wildman–Crippen LogP) is 1.62. The molecule has 0 bridgehead atoms. The van der Waals surface area contributed by atoms with Gasteiger partial charge in [0.1, 0.15) is 22.7 Å². The first-order valence-corrected chi connectivity index (χ1v) is 8.04. The lowest BCUT2D eigenvalue weighted by Gasteiger charge is -2.15. The Labute approximate surface area is 146 Å². The fraction of sp³-hybridized carbons (Fsp3) is 0.200. The van der Waals surface area contributed by atoms with Crippen LogP contribution in [0.5, 0.6) is 0 Å². The topological polar surface area (TPSA) is 86.7 Å². The van der Waals surface area contributed by atoms with Gasteiger partial charge in [-0.05, 0) is 19.1 Å². The van der Waals surface area contributed by atoms with E-state index in [1.165, 1.54) is 31.2 Å². The first kappa shape index (κ1) is 18.1. The summed E-state index contributed by atoms with van der Waals surface area (Å²) in [5, 5.41) is 11.0. The Morgan fingerprint density at radius 2 is 2.12 bits per heavy atom. The number of nitrogens with zero attached hydrogens (tertiary/aromatic N) is 1. The molecule has 6 nitrogen and oxygen atoms in total. The summed E-state index contributed by atoms with van der Waals surface area (Å²) < 4.78 is 13.8. The van der Waals surface area contributed by atoms with Gasteiger partial charge in [0.15, 0.2) is 0 Å². The molecule has 1 aliphatic rings. The highest BCUT2D eigenvalue weighted by molar-refractivity contribution is 8.26. The Morgan fingerprint density at radius 1 is 1.46 bits per heavy atom. The van der Waals surface area contributed by atoms with Gasteiger partial charge < -0.3 is 10.4 Å². The van der Waals surface area contributed by atoms with Crippen molar-refractivity contribution in [2.45, 2.75) is 13.0 Å². The van der Waals surface area contributed by atoms with Crippen molar-refractivity contribution >= 4 is 52.2 Å². The molecule has 2 rings (SSSR count). The van der Waals surface area contributed by atoms with Crippen LogP contribution in [0.2, 0.25) is 0 Å². The maximum Gasteiger partial charge on any atom is 0.325 e. The van der Waals surface area contributed by atoms with E-state index in [-0.39, 0.29) is 14.8 Å². The van der Waals surface area contributed by atoms with E-state index in [0.717, 1.165) is 16.7 Å². The van der Waals surface area contributed by atoms with Gasteiger partial charge in [0.25, 0.3) is 5.91 Å². The maximum atomic E-state index is 13.7. The van der Waals surface area contributed by atoms with Crippen molar-refractivity contribution in [1.29, 1.82) is 0 Å². The Balaban J connectivity index is 2.10. The third kappa shape index (κ3) is 4.18. The molecule has 1 aromatic carbocycles. The molecule has 1 aliphatic heterocycles. The van der Waals surface area contributed by atoms with E-state index in [4.69, 9.17) is 17.3 Å². The second-order valence-electron chi connectivity index (χ2n) is 4.92. The van der Waals surface area contributed by atoms with Crippen molar-refractivity contribution in [2.24, 2.45) is 0 Å². The Kier molecular flexibility index (Phi) is 5.68. The van der Waals surface area contributed by atoms with Crippen molar-refractivity contribution in [3.05, 3.63) is 40.6 Å². The van der Waals surface area contributed by atoms with Gasteiger partial charge in [-0.3, -0.25) is 19.3 Å². The number of thiocarbonyl (C=S) groups is 1. The highest BCUT2D eigenvalue weighted by atomic mass is 32.2. The number of carboxylic acids is 1. The van der Waals surface area contributed by atoms with Crippen LogP contribution >= 0.6 is 24.0 Å². The molecule has 1 aromatic rings. The highest BCUT2D eigenvalue weighted by Gasteiger charge is 2.34. The van der Waals surface area contributed by atoms with Crippen LogP contribution in [0, 0.1) is 5.82 Å². The van der Waals surface area contributed by atoms with Gasteiger partial charge in [-0.1, -0.05) is 42.2 Å². The lowest BCUT2D eigenvalue weighted by Crippen LogP contribution is -2.45. The summed E-state index contributed by atoms with van der Waals surface area (Å²) in [5.74, 6) is -2.83. The lowest BCUT2D eigenvalue weighted by molar-refractivity contribution is -0.141. The second-order valence-corrected chi connectivity index (χ2v) is 6.59. The summed E-state index contributed by atoms with van der Waals surface area (Å²) in [6, 6.07) is 4.88. The van der Waals surface area contributed by atoms with E-state index < -0.39 is 36.2 Å². The highest BCUT2D eigenvalue weighted by Crippen LogP contribution is 2.32. The van der Waals surface area contributed by atoms with Crippen molar-refractivity contribution in [3.63, 3.8) is 0 Å². The first-order chi connectivity index (χ1) is 11.3. The zero-order valence-electron chi connectivity index (χ0n) is 12.5. The summed E-state index contributed by atoms with van der Waals surface area (Å²) in [6.45, 7) is 0.916. The summed E-state index contributed by atoms with van der Waals surface area (Å²) in [5.41, 5.74) is 0.238. The molecule has 1 atom stereocenters. The van der Waals surface area contributed by atoms with Gasteiger partial charge in [0.2, 0.25) is 5.91 Å². The van der Waals surface area contributed by atoms with Crippen molar-refractivity contribution in [2.75, 3.05) is 6.54 Å². The summed E-state index contributed by atoms with van der Waals surface area (Å²) in [4.78, 5) is 36.1. The second kappa shape index (κ2) is 7.54. The monoisotopic (exact) mass is 368 g/mol. The number of carbonyl (C=O) groups is 3. The van der Waals surface area contributed by atoms with Crippen LogP contribution in [0.15, 0.2) is 29.2 Å². The Morgan fingerprint density at radius 3 is 2.75 bits per heavy atom. The average Bonchev–Trinajstić information content (AvgIpc) is 2.77. The lowest BCUT2D eigenvalue weighted by atomic mass is 10.2. The van der Waals surface area contributed by atoms with Crippen LogP contribution in [-0.2, 0) is 14.4 Å². The molecule has 1 saturated heterocycles. The van der Waals surface area contributed by atoms with E-state index in [1.807, 2.05) is 0 Å². The number of carbonyl (C=O) groups excluding carboxylic acids is 2. The number of rotatable bonds is 5. The molecule has 0 aliphatic carbocycles. The van der Waals surface area contributed by atoms with Crippen LogP contribution < -0.4 is 5.32 Å². The molecule has 0 radical (unpaired) electrons. The van der Waals surface area contributed by atoms with Crippen molar-refractivity contribution in [3.8, 4) is 0 Å². The van der Waals surface area contributed by atoms with Gasteiger partial charge in [-0.2, -0.15) is 0 Å². The SMILES string of the molecule is CC(NC(=O)CN1C(=O)/C(=C/c2ccccc2F)SC1=S)C(=O)O. The average molecular weight is 368 g/mol. The quantitative estimate of drug-likeness (QED) is 0.607. The first-order valence-electron chi connectivity index (χ1n) is 6.81. The molecule has 126 valence electrons. The molecule has 24 heavy (non-hydrogen) atoms. The molecule has 0 spiro atoms. The number of benzene rings is 1. The minimum Gasteiger partial charge on any atom is -0.480 e. The molecule has 9 heteroatoms. The fourth-order valence-corrected chi connectivity index (χ4v) is 3.11. The number of hydrogen-bond acceptors (Lipinski definition) is 5. The molecular formula is C15H13FN2O4S2. The molecule has 2 amide bonds. The Hall–Kier alpha value is -2.26.